The SMILES string of the molecule is CC1c2ccccc2C(=O)N(c2cccc(CO)c2)[C@H]1c1ccc(Cl)cc1Cl.NC=O.OCc1ccccc1. The minimum absolute atomic E-state index is 0.0189. The number of primary amides is 1. The van der Waals surface area contributed by atoms with E-state index >= 15 is 0 Å². The molecular weight excluding hydrogens is 535 g/mol. The van der Waals surface area contributed by atoms with Crippen molar-refractivity contribution in [2.75, 3.05) is 4.90 Å². The summed E-state index contributed by atoms with van der Waals surface area (Å²) in [7, 11) is 0. The van der Waals surface area contributed by atoms with Gasteiger partial charge in [-0.1, -0.05) is 96.9 Å². The van der Waals surface area contributed by atoms with Crippen molar-refractivity contribution in [1.82, 2.24) is 0 Å². The number of hydrogen-bond donors (Lipinski definition) is 3. The second-order valence-electron chi connectivity index (χ2n) is 8.77. The van der Waals surface area contributed by atoms with Crippen LogP contribution in [0, 0.1) is 0 Å². The minimum atomic E-state index is -0.291. The molecule has 1 aliphatic heterocycles. The largest absolute Gasteiger partial charge is 0.392 e. The smallest absolute Gasteiger partial charge is 0.259 e. The Morgan fingerprint density at radius 1 is 0.821 bits per heavy atom. The molecule has 1 aliphatic rings. The highest BCUT2D eigenvalue weighted by Gasteiger charge is 2.40. The van der Waals surface area contributed by atoms with Crippen LogP contribution in [0.3, 0.4) is 0 Å². The number of amides is 2. The van der Waals surface area contributed by atoms with Gasteiger partial charge >= 0.3 is 0 Å². The normalized spacial score (nSPS) is 15.7. The molecule has 1 unspecified atom stereocenters. The Bertz CT molecular complexity index is 1400. The molecule has 5 rings (SSSR count). The maximum atomic E-state index is 13.5. The van der Waals surface area contributed by atoms with E-state index in [4.69, 9.17) is 33.1 Å². The topological polar surface area (TPSA) is 104 Å². The Morgan fingerprint density at radius 3 is 2.05 bits per heavy atom. The van der Waals surface area contributed by atoms with Gasteiger partial charge in [-0.25, -0.2) is 0 Å². The summed E-state index contributed by atoms with van der Waals surface area (Å²) in [5.41, 5.74) is 9.14. The number of aliphatic hydroxyl groups excluding tert-OH is 2. The van der Waals surface area contributed by atoms with Crippen molar-refractivity contribution in [3.05, 3.63) is 135 Å². The van der Waals surface area contributed by atoms with Gasteiger partial charge in [0, 0.05) is 27.2 Å². The Balaban J connectivity index is 0.000000321. The predicted molar refractivity (Wildman–Crippen MR) is 156 cm³/mol. The molecule has 0 radical (unpaired) electrons. The molecule has 8 heteroatoms. The van der Waals surface area contributed by atoms with Crippen LogP contribution in [0.25, 0.3) is 0 Å². The van der Waals surface area contributed by atoms with Crippen molar-refractivity contribution in [2.24, 2.45) is 5.73 Å². The number of carbonyl (C=O) groups excluding carboxylic acids is 2. The number of hydrogen-bond acceptors (Lipinski definition) is 4. The first-order valence-corrected chi connectivity index (χ1v) is 13.0. The van der Waals surface area contributed by atoms with Crippen LogP contribution in [0.2, 0.25) is 10.0 Å². The fourth-order valence-corrected chi connectivity index (χ4v) is 5.07. The lowest BCUT2D eigenvalue weighted by Gasteiger charge is -2.41. The summed E-state index contributed by atoms with van der Waals surface area (Å²) in [6.07, 6.45) is 0.250. The quantitative estimate of drug-likeness (QED) is 0.254. The number of fused-ring (bicyclic) bond motifs is 1. The van der Waals surface area contributed by atoms with Gasteiger partial charge in [0.05, 0.1) is 19.3 Å². The van der Waals surface area contributed by atoms with Crippen LogP contribution in [-0.4, -0.2) is 22.5 Å². The van der Waals surface area contributed by atoms with E-state index in [1.54, 1.807) is 17.0 Å². The zero-order valence-electron chi connectivity index (χ0n) is 21.4. The standard InChI is InChI=1S/C23H19Cl2NO2.C7H8O.CH3NO/c1-14-18-7-2-3-8-19(18)23(28)26(17-6-4-5-15(11-17)13-27)22(14)20-10-9-16(24)12-21(20)25;8-6-7-4-2-1-3-5-7;2-1-3/h2-12,14,22,27H,13H2,1H3;1-5,8H,6H2;1H,(H2,2,3)/t14?,22-;;/m1../s1. The van der Waals surface area contributed by atoms with Crippen LogP contribution in [-0.2, 0) is 18.0 Å². The van der Waals surface area contributed by atoms with Crippen molar-refractivity contribution in [3.8, 4) is 0 Å². The summed E-state index contributed by atoms with van der Waals surface area (Å²) in [5, 5.41) is 19.2. The third-order valence-corrected chi connectivity index (χ3v) is 6.89. The monoisotopic (exact) mass is 564 g/mol. The highest BCUT2D eigenvalue weighted by atomic mass is 35.5. The number of aliphatic hydroxyl groups is 2. The van der Waals surface area contributed by atoms with Crippen molar-refractivity contribution in [3.63, 3.8) is 0 Å². The first-order valence-electron chi connectivity index (χ1n) is 12.2. The Morgan fingerprint density at radius 2 is 1.44 bits per heavy atom. The number of carbonyl (C=O) groups is 2. The van der Waals surface area contributed by atoms with E-state index in [0.717, 1.165) is 27.9 Å². The third kappa shape index (κ3) is 7.25. The van der Waals surface area contributed by atoms with Crippen LogP contribution in [0.1, 0.15) is 51.5 Å². The van der Waals surface area contributed by atoms with Gasteiger partial charge < -0.3 is 20.8 Å². The van der Waals surface area contributed by atoms with E-state index in [1.165, 1.54) is 0 Å². The summed E-state index contributed by atoms with van der Waals surface area (Å²) < 4.78 is 0. The first kappa shape index (κ1) is 29.9. The van der Waals surface area contributed by atoms with Crippen molar-refractivity contribution in [2.45, 2.75) is 32.1 Å². The number of rotatable bonds is 4. The van der Waals surface area contributed by atoms with Gasteiger partial charge in [-0.15, -0.1) is 0 Å². The van der Waals surface area contributed by atoms with Crippen LogP contribution in [0.5, 0.6) is 0 Å². The van der Waals surface area contributed by atoms with E-state index in [2.05, 4.69) is 12.7 Å². The van der Waals surface area contributed by atoms with E-state index in [-0.39, 0.29) is 37.5 Å². The molecule has 0 fully saturated rings. The zero-order chi connectivity index (χ0) is 28.4. The molecule has 0 saturated heterocycles. The first-order chi connectivity index (χ1) is 18.9. The number of nitrogens with zero attached hydrogens (tertiary/aromatic N) is 1. The number of benzene rings is 4. The molecular formula is C31H30Cl2N2O4. The third-order valence-electron chi connectivity index (χ3n) is 6.33. The van der Waals surface area contributed by atoms with E-state index < -0.39 is 0 Å². The molecule has 4 aromatic carbocycles. The molecule has 0 aromatic heterocycles. The summed E-state index contributed by atoms with van der Waals surface area (Å²) in [4.78, 5) is 23.9. The second kappa shape index (κ2) is 14.5. The van der Waals surface area contributed by atoms with Gasteiger partial charge in [-0.05, 0) is 52.6 Å². The maximum absolute atomic E-state index is 13.5. The molecule has 2 amide bonds. The number of halogens is 2. The van der Waals surface area contributed by atoms with Crippen LogP contribution in [0.15, 0.2) is 97.1 Å². The van der Waals surface area contributed by atoms with Crippen molar-refractivity contribution >= 4 is 41.2 Å². The van der Waals surface area contributed by atoms with Crippen molar-refractivity contribution in [1.29, 1.82) is 0 Å². The van der Waals surface area contributed by atoms with Crippen LogP contribution < -0.4 is 10.6 Å². The number of nitrogens with two attached hydrogens (primary N) is 1. The van der Waals surface area contributed by atoms with Crippen LogP contribution >= 0.6 is 23.2 Å². The molecule has 0 spiro atoms. The summed E-state index contributed by atoms with van der Waals surface area (Å²) in [6, 6.07) is 29.7. The molecule has 202 valence electrons. The van der Waals surface area contributed by atoms with Gasteiger partial charge in [0.15, 0.2) is 0 Å². The Labute approximate surface area is 238 Å². The Kier molecular flexibility index (Phi) is 11.1. The summed E-state index contributed by atoms with van der Waals surface area (Å²) in [5.74, 6) is -0.0647. The molecule has 6 nitrogen and oxygen atoms in total. The zero-order valence-corrected chi connectivity index (χ0v) is 22.9. The summed E-state index contributed by atoms with van der Waals surface area (Å²) >= 11 is 12.7. The molecule has 1 heterocycles. The van der Waals surface area contributed by atoms with E-state index in [1.807, 2.05) is 84.9 Å². The fourth-order valence-electron chi connectivity index (χ4n) is 4.55. The molecule has 4 N–H and O–H groups in total. The fraction of sp³-hybridized carbons (Fsp3) is 0.161. The average molecular weight is 565 g/mol. The van der Waals surface area contributed by atoms with Gasteiger partial charge in [0.1, 0.15) is 0 Å². The van der Waals surface area contributed by atoms with E-state index in [9.17, 15) is 9.90 Å². The highest BCUT2D eigenvalue weighted by Crippen LogP contribution is 2.46. The molecule has 4 aromatic rings. The molecule has 0 aliphatic carbocycles. The lowest BCUT2D eigenvalue weighted by molar-refractivity contribution is -0.106. The van der Waals surface area contributed by atoms with Gasteiger partial charge in [-0.3, -0.25) is 9.59 Å². The van der Waals surface area contributed by atoms with Gasteiger partial charge in [-0.2, -0.15) is 0 Å². The van der Waals surface area contributed by atoms with Gasteiger partial charge in [0.2, 0.25) is 6.41 Å². The lowest BCUT2D eigenvalue weighted by atomic mass is 9.80. The highest BCUT2D eigenvalue weighted by molar-refractivity contribution is 6.35. The maximum Gasteiger partial charge on any atom is 0.259 e. The molecule has 0 bridgehead atoms. The minimum Gasteiger partial charge on any atom is -0.392 e. The number of anilines is 1. The Hall–Kier alpha value is -3.68. The molecule has 39 heavy (non-hydrogen) atoms. The second-order valence-corrected chi connectivity index (χ2v) is 9.61. The van der Waals surface area contributed by atoms with Crippen LogP contribution in [0.4, 0.5) is 5.69 Å². The lowest BCUT2D eigenvalue weighted by Crippen LogP contribution is -2.42. The van der Waals surface area contributed by atoms with Gasteiger partial charge in [0.25, 0.3) is 5.91 Å². The van der Waals surface area contributed by atoms with E-state index in [0.29, 0.717) is 15.6 Å². The predicted octanol–water partition coefficient (Wildman–Crippen LogP) is 6.27. The summed E-state index contributed by atoms with van der Waals surface area (Å²) in [6.45, 7) is 2.15. The average Bonchev–Trinajstić information content (AvgIpc) is 2.96. The molecule has 2 atom stereocenters. The molecule has 0 saturated carbocycles. The van der Waals surface area contributed by atoms with Crippen molar-refractivity contribution < 1.29 is 19.8 Å².